The monoisotopic (exact) mass is 213 g/mol. The SMILES string of the molecule is O=C1CC=CC2=C1CNc1ccccc1O2. The van der Waals surface area contributed by atoms with E-state index in [1.54, 1.807) is 0 Å². The van der Waals surface area contributed by atoms with Crippen LogP contribution in [0.15, 0.2) is 47.7 Å². The molecule has 16 heavy (non-hydrogen) atoms. The lowest BCUT2D eigenvalue weighted by Crippen LogP contribution is -2.16. The first kappa shape index (κ1) is 9.21. The fraction of sp³-hybridized carbons (Fsp3) is 0.154. The van der Waals surface area contributed by atoms with Crippen molar-refractivity contribution in [2.75, 3.05) is 11.9 Å². The molecule has 3 heteroatoms. The number of benzene rings is 1. The first-order valence-electron chi connectivity index (χ1n) is 5.28. The molecule has 0 unspecified atom stereocenters. The topological polar surface area (TPSA) is 38.3 Å². The highest BCUT2D eigenvalue weighted by atomic mass is 16.5. The summed E-state index contributed by atoms with van der Waals surface area (Å²) in [7, 11) is 0. The molecule has 0 atom stereocenters. The number of fused-ring (bicyclic) bond motifs is 1. The number of hydrogen-bond acceptors (Lipinski definition) is 3. The second kappa shape index (κ2) is 3.52. The number of Topliss-reactive ketones (excluding diaryl/α,β-unsaturated/α-hetero) is 1. The molecule has 0 aromatic heterocycles. The van der Waals surface area contributed by atoms with Crippen LogP contribution < -0.4 is 10.1 Å². The summed E-state index contributed by atoms with van der Waals surface area (Å²) in [5.74, 6) is 1.58. The number of ketones is 1. The van der Waals surface area contributed by atoms with Crippen LogP contribution in [-0.2, 0) is 4.79 Å². The maximum atomic E-state index is 11.7. The van der Waals surface area contributed by atoms with Crippen molar-refractivity contribution in [2.45, 2.75) is 6.42 Å². The van der Waals surface area contributed by atoms with Gasteiger partial charge in [-0.3, -0.25) is 4.79 Å². The van der Waals surface area contributed by atoms with Crippen molar-refractivity contribution < 1.29 is 9.53 Å². The van der Waals surface area contributed by atoms with Crippen LogP contribution in [0.25, 0.3) is 0 Å². The normalized spacial score (nSPS) is 18.1. The van der Waals surface area contributed by atoms with Crippen molar-refractivity contribution in [3.8, 4) is 5.75 Å². The lowest BCUT2D eigenvalue weighted by molar-refractivity contribution is -0.115. The average Bonchev–Trinajstić information content (AvgIpc) is 2.48. The molecule has 1 aliphatic carbocycles. The Labute approximate surface area is 93.4 Å². The quantitative estimate of drug-likeness (QED) is 0.718. The molecule has 0 radical (unpaired) electrons. The van der Waals surface area contributed by atoms with Crippen LogP contribution in [0.1, 0.15) is 6.42 Å². The third kappa shape index (κ3) is 1.41. The molecule has 0 amide bonds. The highest BCUT2D eigenvalue weighted by Gasteiger charge is 2.22. The molecule has 1 heterocycles. The highest BCUT2D eigenvalue weighted by Crippen LogP contribution is 2.31. The van der Waals surface area contributed by atoms with Crippen molar-refractivity contribution in [1.82, 2.24) is 0 Å². The van der Waals surface area contributed by atoms with E-state index in [1.807, 2.05) is 36.4 Å². The first-order chi connectivity index (χ1) is 7.84. The fourth-order valence-electron chi connectivity index (χ4n) is 1.92. The van der Waals surface area contributed by atoms with Crippen LogP contribution in [0, 0.1) is 0 Å². The number of para-hydroxylation sites is 2. The minimum absolute atomic E-state index is 0.137. The second-order valence-electron chi connectivity index (χ2n) is 3.82. The Balaban J connectivity index is 2.05. The standard InChI is InChI=1S/C13H11NO2/c15-11-5-3-7-12-9(11)8-14-10-4-1-2-6-13(10)16-12/h1-4,6-7,14H,5,8H2. The van der Waals surface area contributed by atoms with E-state index in [1.165, 1.54) is 0 Å². The van der Waals surface area contributed by atoms with Gasteiger partial charge in [0.15, 0.2) is 11.5 Å². The molecule has 1 N–H and O–H groups in total. The Bertz CT molecular complexity index is 514. The fourth-order valence-corrected chi connectivity index (χ4v) is 1.92. The second-order valence-corrected chi connectivity index (χ2v) is 3.82. The van der Waals surface area contributed by atoms with E-state index in [2.05, 4.69) is 5.32 Å². The molecule has 2 aliphatic rings. The molecule has 0 bridgehead atoms. The van der Waals surface area contributed by atoms with E-state index in [-0.39, 0.29) is 5.78 Å². The lowest BCUT2D eigenvalue weighted by atomic mass is 10.0. The van der Waals surface area contributed by atoms with Crippen LogP contribution >= 0.6 is 0 Å². The molecule has 0 saturated heterocycles. The summed E-state index contributed by atoms with van der Waals surface area (Å²) in [4.78, 5) is 11.7. The Morgan fingerprint density at radius 3 is 3.06 bits per heavy atom. The molecule has 80 valence electrons. The Hall–Kier alpha value is -2.03. The number of ether oxygens (including phenoxy) is 1. The van der Waals surface area contributed by atoms with Gasteiger partial charge in [-0.2, -0.15) is 0 Å². The van der Waals surface area contributed by atoms with Gasteiger partial charge in [-0.05, 0) is 18.2 Å². The number of carbonyl (C=O) groups excluding carboxylic acids is 1. The van der Waals surface area contributed by atoms with Crippen LogP contribution in [-0.4, -0.2) is 12.3 Å². The minimum Gasteiger partial charge on any atom is -0.455 e. The maximum absolute atomic E-state index is 11.7. The molecule has 1 aromatic carbocycles. The summed E-state index contributed by atoms with van der Waals surface area (Å²) in [6.45, 7) is 0.537. The Kier molecular flexibility index (Phi) is 2.03. The van der Waals surface area contributed by atoms with Crippen molar-refractivity contribution in [3.63, 3.8) is 0 Å². The smallest absolute Gasteiger partial charge is 0.168 e. The molecule has 1 aliphatic heterocycles. The zero-order valence-electron chi connectivity index (χ0n) is 8.69. The Morgan fingerprint density at radius 1 is 1.25 bits per heavy atom. The first-order valence-corrected chi connectivity index (χ1v) is 5.28. The van der Waals surface area contributed by atoms with Gasteiger partial charge in [0.1, 0.15) is 5.76 Å². The number of rotatable bonds is 0. The number of anilines is 1. The molecular weight excluding hydrogens is 202 g/mol. The van der Waals surface area contributed by atoms with Gasteiger partial charge in [0.25, 0.3) is 0 Å². The van der Waals surface area contributed by atoms with E-state index in [9.17, 15) is 4.79 Å². The van der Waals surface area contributed by atoms with Crippen LogP contribution in [0.3, 0.4) is 0 Å². The number of carbonyl (C=O) groups is 1. The number of hydrogen-bond donors (Lipinski definition) is 1. The summed E-state index contributed by atoms with van der Waals surface area (Å²) in [6, 6.07) is 7.70. The molecular formula is C13H11NO2. The van der Waals surface area contributed by atoms with Gasteiger partial charge in [0, 0.05) is 13.0 Å². The highest BCUT2D eigenvalue weighted by molar-refractivity contribution is 5.99. The van der Waals surface area contributed by atoms with E-state index in [4.69, 9.17) is 4.74 Å². The van der Waals surface area contributed by atoms with Crippen molar-refractivity contribution >= 4 is 11.5 Å². The predicted octanol–water partition coefficient (Wildman–Crippen LogP) is 2.27. The minimum atomic E-state index is 0.137. The van der Waals surface area contributed by atoms with Crippen LogP contribution in [0.5, 0.6) is 5.75 Å². The molecule has 1 aromatic rings. The van der Waals surface area contributed by atoms with E-state index < -0.39 is 0 Å². The molecule has 3 rings (SSSR count). The van der Waals surface area contributed by atoms with E-state index in [0.29, 0.717) is 18.7 Å². The van der Waals surface area contributed by atoms with Gasteiger partial charge >= 0.3 is 0 Å². The lowest BCUT2D eigenvalue weighted by Gasteiger charge is -2.11. The van der Waals surface area contributed by atoms with Crippen LogP contribution in [0.4, 0.5) is 5.69 Å². The largest absolute Gasteiger partial charge is 0.455 e. The zero-order valence-corrected chi connectivity index (χ0v) is 8.69. The predicted molar refractivity (Wildman–Crippen MR) is 61.3 cm³/mol. The maximum Gasteiger partial charge on any atom is 0.168 e. The summed E-state index contributed by atoms with van der Waals surface area (Å²) in [5.41, 5.74) is 1.66. The molecule has 3 nitrogen and oxygen atoms in total. The molecule has 0 spiro atoms. The molecule has 0 saturated carbocycles. The number of allylic oxidation sites excluding steroid dienone is 2. The van der Waals surface area contributed by atoms with Gasteiger partial charge < -0.3 is 10.1 Å². The summed E-state index contributed by atoms with van der Waals surface area (Å²) >= 11 is 0. The third-order valence-corrected chi connectivity index (χ3v) is 2.77. The van der Waals surface area contributed by atoms with Gasteiger partial charge in [-0.15, -0.1) is 0 Å². The summed E-state index contributed by atoms with van der Waals surface area (Å²) in [6.07, 6.45) is 4.19. The summed E-state index contributed by atoms with van der Waals surface area (Å²) < 4.78 is 5.74. The number of nitrogens with one attached hydrogen (secondary N) is 1. The van der Waals surface area contributed by atoms with Crippen molar-refractivity contribution in [1.29, 1.82) is 0 Å². The average molecular weight is 213 g/mol. The van der Waals surface area contributed by atoms with Crippen molar-refractivity contribution in [3.05, 3.63) is 47.7 Å². The van der Waals surface area contributed by atoms with Gasteiger partial charge in [-0.1, -0.05) is 18.2 Å². The van der Waals surface area contributed by atoms with Crippen molar-refractivity contribution in [2.24, 2.45) is 0 Å². The molecule has 0 fully saturated rings. The van der Waals surface area contributed by atoms with Crippen LogP contribution in [0.2, 0.25) is 0 Å². The van der Waals surface area contributed by atoms with Gasteiger partial charge in [-0.25, -0.2) is 0 Å². The van der Waals surface area contributed by atoms with E-state index in [0.717, 1.165) is 17.0 Å². The Morgan fingerprint density at radius 2 is 2.12 bits per heavy atom. The summed E-state index contributed by atoms with van der Waals surface area (Å²) in [5, 5.41) is 3.22. The van der Waals surface area contributed by atoms with Gasteiger partial charge in [0.2, 0.25) is 0 Å². The zero-order chi connectivity index (χ0) is 11.0. The third-order valence-electron chi connectivity index (χ3n) is 2.77. The van der Waals surface area contributed by atoms with E-state index >= 15 is 0 Å². The van der Waals surface area contributed by atoms with Gasteiger partial charge in [0.05, 0.1) is 11.3 Å².